The maximum Gasteiger partial charge on any atom is 0.355 e. The topological polar surface area (TPSA) is 102 Å². The smallest absolute Gasteiger partial charge is 0.355 e. The highest BCUT2D eigenvalue weighted by Gasteiger charge is 2.07. The predicted octanol–water partition coefficient (Wildman–Crippen LogP) is -0.0315. The monoisotopic (exact) mass is 175 g/mol. The van der Waals surface area contributed by atoms with Gasteiger partial charge in [-0.15, -0.1) is 11.3 Å². The van der Waals surface area contributed by atoms with Gasteiger partial charge >= 0.3 is 5.97 Å². The Hall–Kier alpha value is -0.980. The van der Waals surface area contributed by atoms with Gasteiger partial charge in [-0.3, -0.25) is 11.7 Å². The minimum absolute atomic E-state index is 0.167. The van der Waals surface area contributed by atoms with E-state index in [4.69, 9.17) is 5.11 Å². The number of hydrogen-bond donors (Lipinski definition) is 3. The molecule has 5 nitrogen and oxygen atoms in total. The first-order valence-corrected chi connectivity index (χ1v) is 3.56. The summed E-state index contributed by atoms with van der Waals surface area (Å²) in [6.07, 6.45) is 0. The summed E-state index contributed by atoms with van der Waals surface area (Å²) in [6.45, 7) is 1.74. The lowest BCUT2D eigenvalue weighted by molar-refractivity contribution is 0.0690. The van der Waals surface area contributed by atoms with Crippen LogP contribution >= 0.6 is 11.3 Å². The van der Waals surface area contributed by atoms with Crippen molar-refractivity contribution in [2.45, 2.75) is 6.92 Å². The van der Waals surface area contributed by atoms with Crippen molar-refractivity contribution in [3.63, 3.8) is 0 Å². The molecule has 5 N–H and O–H groups in total. The lowest BCUT2D eigenvalue weighted by atomic mass is 10.4. The van der Waals surface area contributed by atoms with Crippen molar-refractivity contribution in [1.82, 2.24) is 4.98 Å². The molecule has 0 saturated heterocycles. The number of nitrogens with zero attached hydrogens (tertiary/aromatic N) is 1. The van der Waals surface area contributed by atoms with E-state index in [0.717, 1.165) is 4.88 Å². The second-order valence-electron chi connectivity index (χ2n) is 1.56. The highest BCUT2D eigenvalue weighted by Crippen LogP contribution is 2.09. The second kappa shape index (κ2) is 4.78. The van der Waals surface area contributed by atoms with Gasteiger partial charge in [0, 0.05) is 4.88 Å². The minimum atomic E-state index is -0.950. The molecule has 0 spiro atoms. The lowest BCUT2D eigenvalue weighted by Gasteiger charge is -1.84. The fourth-order valence-electron chi connectivity index (χ4n) is 0.511. The first kappa shape index (κ1) is 10.0. The highest BCUT2D eigenvalue weighted by molar-refractivity contribution is 7.09. The van der Waals surface area contributed by atoms with Crippen LogP contribution in [-0.4, -0.2) is 16.1 Å². The summed E-state index contributed by atoms with van der Waals surface area (Å²) < 4.78 is 0. The van der Waals surface area contributed by atoms with Gasteiger partial charge in [0.2, 0.25) is 0 Å². The summed E-state index contributed by atoms with van der Waals surface area (Å²) in [7, 11) is 0. The van der Waals surface area contributed by atoms with Crippen molar-refractivity contribution in [2.75, 3.05) is 0 Å². The molecule has 1 heterocycles. The van der Waals surface area contributed by atoms with Crippen molar-refractivity contribution in [1.29, 1.82) is 0 Å². The van der Waals surface area contributed by atoms with Crippen LogP contribution in [0.4, 0.5) is 0 Å². The first-order chi connectivity index (χ1) is 5.22. The third-order valence-corrected chi connectivity index (χ3v) is 1.71. The second-order valence-corrected chi connectivity index (χ2v) is 2.62. The lowest BCUT2D eigenvalue weighted by Crippen LogP contribution is -2.02. The number of aryl methyl sites for hydroxylation is 1. The van der Waals surface area contributed by atoms with Crippen LogP contribution in [0.1, 0.15) is 15.4 Å². The Bertz CT molecular complexity index is 235. The standard InChI is InChI=1S/C5H5NO2S.H4N2/c1-3-4(5(7)8)6-2-9-3;1-2/h2H,1H3,(H,7,8);1-2H2. The van der Waals surface area contributed by atoms with Gasteiger partial charge in [-0.05, 0) is 6.92 Å². The van der Waals surface area contributed by atoms with Crippen molar-refractivity contribution in [3.8, 4) is 0 Å². The molecular formula is C5H9N3O2S. The number of carboxylic acid groups (broad SMARTS) is 1. The molecule has 0 aliphatic heterocycles. The van der Waals surface area contributed by atoms with Gasteiger partial charge in [-0.2, -0.15) is 0 Å². The molecule has 1 rings (SSSR count). The van der Waals surface area contributed by atoms with Crippen LogP contribution in [0.25, 0.3) is 0 Å². The third-order valence-electron chi connectivity index (χ3n) is 0.947. The molecule has 1 aromatic rings. The average molecular weight is 175 g/mol. The Balaban J connectivity index is 0.000000461. The van der Waals surface area contributed by atoms with Gasteiger partial charge < -0.3 is 5.11 Å². The van der Waals surface area contributed by atoms with E-state index < -0.39 is 5.97 Å². The SMILES string of the molecule is Cc1scnc1C(=O)O.NN. The Morgan fingerprint density at radius 3 is 2.45 bits per heavy atom. The van der Waals surface area contributed by atoms with E-state index in [1.807, 2.05) is 0 Å². The molecule has 0 unspecified atom stereocenters. The molecule has 6 heteroatoms. The Labute approximate surface area is 67.6 Å². The van der Waals surface area contributed by atoms with Crippen molar-refractivity contribution < 1.29 is 9.90 Å². The van der Waals surface area contributed by atoms with E-state index in [0.29, 0.717) is 0 Å². The summed E-state index contributed by atoms with van der Waals surface area (Å²) >= 11 is 1.34. The molecular weight excluding hydrogens is 166 g/mol. The number of hydrogen-bond acceptors (Lipinski definition) is 5. The van der Waals surface area contributed by atoms with Crippen LogP contribution in [-0.2, 0) is 0 Å². The average Bonchev–Trinajstić information content (AvgIpc) is 2.39. The summed E-state index contributed by atoms with van der Waals surface area (Å²) in [5, 5.41) is 8.40. The fraction of sp³-hybridized carbons (Fsp3) is 0.200. The number of carbonyl (C=O) groups is 1. The van der Waals surface area contributed by atoms with Gasteiger partial charge in [0.05, 0.1) is 5.51 Å². The summed E-state index contributed by atoms with van der Waals surface area (Å²) in [6, 6.07) is 0. The molecule has 0 amide bonds. The van der Waals surface area contributed by atoms with Crippen LogP contribution < -0.4 is 11.7 Å². The van der Waals surface area contributed by atoms with E-state index >= 15 is 0 Å². The maximum atomic E-state index is 10.2. The maximum absolute atomic E-state index is 10.2. The van der Waals surface area contributed by atoms with Gasteiger partial charge in [0.15, 0.2) is 5.69 Å². The number of nitrogens with two attached hydrogens (primary N) is 2. The number of aromatic nitrogens is 1. The number of rotatable bonds is 1. The van der Waals surface area contributed by atoms with E-state index in [9.17, 15) is 4.79 Å². The highest BCUT2D eigenvalue weighted by atomic mass is 32.1. The molecule has 1 aromatic heterocycles. The normalized spacial score (nSPS) is 8.27. The zero-order chi connectivity index (χ0) is 8.85. The van der Waals surface area contributed by atoms with E-state index in [1.165, 1.54) is 16.8 Å². The molecule has 0 aromatic carbocycles. The molecule has 0 aliphatic rings. The van der Waals surface area contributed by atoms with Crippen LogP contribution in [0.2, 0.25) is 0 Å². The number of thiazole rings is 1. The van der Waals surface area contributed by atoms with Crippen molar-refractivity contribution in [3.05, 3.63) is 16.1 Å². The van der Waals surface area contributed by atoms with E-state index in [1.54, 1.807) is 6.92 Å². The first-order valence-electron chi connectivity index (χ1n) is 2.68. The third kappa shape index (κ3) is 2.62. The van der Waals surface area contributed by atoms with Crippen molar-refractivity contribution >= 4 is 17.3 Å². The molecule has 62 valence electrons. The van der Waals surface area contributed by atoms with Gasteiger partial charge in [-0.25, -0.2) is 9.78 Å². The minimum Gasteiger partial charge on any atom is -0.476 e. The fourth-order valence-corrected chi connectivity index (χ4v) is 1.08. The van der Waals surface area contributed by atoms with Crippen LogP contribution in [0.3, 0.4) is 0 Å². The van der Waals surface area contributed by atoms with Crippen LogP contribution in [0.5, 0.6) is 0 Å². The Morgan fingerprint density at radius 1 is 1.73 bits per heavy atom. The predicted molar refractivity (Wildman–Crippen MR) is 42.2 cm³/mol. The van der Waals surface area contributed by atoms with E-state index in [-0.39, 0.29) is 5.69 Å². The summed E-state index contributed by atoms with van der Waals surface area (Å²) in [5.74, 6) is 7.05. The number of hydrazine groups is 1. The van der Waals surface area contributed by atoms with E-state index in [2.05, 4.69) is 16.7 Å². The number of carboxylic acids is 1. The summed E-state index contributed by atoms with van der Waals surface area (Å²) in [5.41, 5.74) is 1.69. The van der Waals surface area contributed by atoms with Crippen molar-refractivity contribution in [2.24, 2.45) is 11.7 Å². The molecule has 0 bridgehead atoms. The van der Waals surface area contributed by atoms with Crippen LogP contribution in [0.15, 0.2) is 5.51 Å². The Morgan fingerprint density at radius 2 is 2.27 bits per heavy atom. The zero-order valence-electron chi connectivity index (χ0n) is 5.94. The molecule has 0 atom stereocenters. The zero-order valence-corrected chi connectivity index (χ0v) is 6.76. The van der Waals surface area contributed by atoms with Gasteiger partial charge in [-0.1, -0.05) is 0 Å². The number of aromatic carboxylic acids is 1. The molecule has 0 saturated carbocycles. The quantitative estimate of drug-likeness (QED) is 0.411. The molecule has 0 fully saturated rings. The van der Waals surface area contributed by atoms with Gasteiger partial charge in [0.25, 0.3) is 0 Å². The molecule has 0 radical (unpaired) electrons. The Kier molecular flexibility index (Phi) is 4.35. The molecule has 11 heavy (non-hydrogen) atoms. The summed E-state index contributed by atoms with van der Waals surface area (Å²) in [4.78, 5) is 14.6. The molecule has 0 aliphatic carbocycles. The van der Waals surface area contributed by atoms with Crippen LogP contribution in [0, 0.1) is 6.92 Å². The largest absolute Gasteiger partial charge is 0.476 e. The van der Waals surface area contributed by atoms with Gasteiger partial charge in [0.1, 0.15) is 0 Å².